The molecule has 3 rings (SSSR count). The van der Waals surface area contributed by atoms with Crippen LogP contribution in [0.2, 0.25) is 0 Å². The zero-order chi connectivity index (χ0) is 20.6. The van der Waals surface area contributed by atoms with Gasteiger partial charge in [0.1, 0.15) is 12.4 Å². The number of nitro groups is 1. The number of para-hydroxylation sites is 1. The first-order chi connectivity index (χ1) is 14.1. The Morgan fingerprint density at radius 2 is 1.79 bits per heavy atom. The summed E-state index contributed by atoms with van der Waals surface area (Å²) in [5, 5.41) is 13.8. The van der Waals surface area contributed by atoms with Crippen LogP contribution in [0.1, 0.15) is 21.5 Å². The molecule has 0 bridgehead atoms. The molecule has 0 fully saturated rings. The summed E-state index contributed by atoms with van der Waals surface area (Å²) < 4.78 is 5.84. The van der Waals surface area contributed by atoms with Crippen molar-refractivity contribution in [2.24, 2.45) is 0 Å². The van der Waals surface area contributed by atoms with Gasteiger partial charge in [0, 0.05) is 28.9 Å². The highest BCUT2D eigenvalue weighted by Gasteiger charge is 2.11. The number of hydrogen-bond acceptors (Lipinski definition) is 4. The number of nitro benzene ring substituents is 1. The Morgan fingerprint density at radius 1 is 1.07 bits per heavy atom. The van der Waals surface area contributed by atoms with E-state index in [4.69, 9.17) is 4.74 Å². The maximum Gasteiger partial charge on any atom is 0.269 e. The number of ether oxygens (including phenoxy) is 1. The second-order valence-electron chi connectivity index (χ2n) is 6.35. The lowest BCUT2D eigenvalue weighted by Gasteiger charge is -2.11. The van der Waals surface area contributed by atoms with Crippen molar-refractivity contribution in [1.82, 2.24) is 0 Å². The number of benzene rings is 3. The van der Waals surface area contributed by atoms with Crippen molar-refractivity contribution in [2.75, 3.05) is 5.32 Å². The lowest BCUT2D eigenvalue weighted by atomic mass is 10.1. The summed E-state index contributed by atoms with van der Waals surface area (Å²) in [5.74, 6) is 0.383. The molecule has 6 heteroatoms. The van der Waals surface area contributed by atoms with Gasteiger partial charge >= 0.3 is 0 Å². The number of amides is 1. The molecule has 0 heterocycles. The van der Waals surface area contributed by atoms with Gasteiger partial charge in [-0.2, -0.15) is 0 Å². The lowest BCUT2D eigenvalue weighted by Crippen LogP contribution is -2.11. The summed E-state index contributed by atoms with van der Waals surface area (Å²) in [4.78, 5) is 22.8. The largest absolute Gasteiger partial charge is 0.489 e. The third-order valence-electron chi connectivity index (χ3n) is 4.26. The number of rotatable bonds is 8. The van der Waals surface area contributed by atoms with E-state index in [9.17, 15) is 14.9 Å². The van der Waals surface area contributed by atoms with Crippen LogP contribution in [0.4, 0.5) is 11.4 Å². The Morgan fingerprint density at radius 3 is 2.45 bits per heavy atom. The van der Waals surface area contributed by atoms with E-state index in [1.807, 2.05) is 42.5 Å². The molecule has 0 aliphatic rings. The number of nitrogens with one attached hydrogen (secondary N) is 1. The van der Waals surface area contributed by atoms with Crippen LogP contribution in [0.25, 0.3) is 0 Å². The minimum absolute atomic E-state index is 0.0166. The van der Waals surface area contributed by atoms with Gasteiger partial charge in [-0.1, -0.05) is 36.4 Å². The highest BCUT2D eigenvalue weighted by Crippen LogP contribution is 2.26. The maximum atomic E-state index is 12.3. The first kappa shape index (κ1) is 19.8. The molecular weight excluding hydrogens is 368 g/mol. The third kappa shape index (κ3) is 5.29. The van der Waals surface area contributed by atoms with E-state index >= 15 is 0 Å². The van der Waals surface area contributed by atoms with Crippen LogP contribution in [-0.4, -0.2) is 10.8 Å². The second kappa shape index (κ2) is 9.32. The van der Waals surface area contributed by atoms with Crippen molar-refractivity contribution in [1.29, 1.82) is 0 Å². The van der Waals surface area contributed by atoms with Gasteiger partial charge < -0.3 is 10.1 Å². The van der Waals surface area contributed by atoms with E-state index in [2.05, 4.69) is 11.9 Å². The summed E-state index contributed by atoms with van der Waals surface area (Å²) in [6.07, 6.45) is 2.14. The second-order valence-corrected chi connectivity index (χ2v) is 6.35. The van der Waals surface area contributed by atoms with Gasteiger partial charge in [0.25, 0.3) is 11.6 Å². The highest BCUT2D eigenvalue weighted by molar-refractivity contribution is 6.04. The predicted octanol–water partition coefficient (Wildman–Crippen LogP) is 5.15. The molecule has 6 nitrogen and oxygen atoms in total. The summed E-state index contributed by atoms with van der Waals surface area (Å²) in [7, 11) is 0. The monoisotopic (exact) mass is 388 g/mol. The molecule has 0 saturated carbocycles. The van der Waals surface area contributed by atoms with Crippen LogP contribution in [0.15, 0.2) is 85.5 Å². The fourth-order valence-electron chi connectivity index (χ4n) is 2.77. The number of allylic oxidation sites excluding steroid dienone is 1. The Bertz CT molecular complexity index is 1010. The topological polar surface area (TPSA) is 81.5 Å². The highest BCUT2D eigenvalue weighted by atomic mass is 16.6. The van der Waals surface area contributed by atoms with Crippen molar-refractivity contribution in [2.45, 2.75) is 13.0 Å². The van der Waals surface area contributed by atoms with Gasteiger partial charge in [-0.05, 0) is 42.3 Å². The number of non-ortho nitro benzene ring substituents is 1. The van der Waals surface area contributed by atoms with Crippen molar-refractivity contribution >= 4 is 17.3 Å². The summed E-state index contributed by atoms with van der Waals surface area (Å²) in [6, 6.07) is 20.9. The average Bonchev–Trinajstić information content (AvgIpc) is 2.74. The minimum Gasteiger partial charge on any atom is -0.489 e. The molecule has 146 valence electrons. The van der Waals surface area contributed by atoms with Crippen molar-refractivity contribution in [3.05, 3.63) is 112 Å². The SMILES string of the molecule is C=CCc1cc([N+](=O)[O-])ccc1OCc1ccc(C(=O)Nc2ccccc2)cc1. The van der Waals surface area contributed by atoms with Gasteiger partial charge in [-0.25, -0.2) is 0 Å². The number of anilines is 1. The van der Waals surface area contributed by atoms with Crippen LogP contribution >= 0.6 is 0 Å². The van der Waals surface area contributed by atoms with Gasteiger partial charge in [-0.3, -0.25) is 14.9 Å². The van der Waals surface area contributed by atoms with E-state index in [0.29, 0.717) is 23.3 Å². The van der Waals surface area contributed by atoms with E-state index in [-0.39, 0.29) is 18.2 Å². The van der Waals surface area contributed by atoms with Crippen LogP contribution in [0, 0.1) is 10.1 Å². The molecule has 3 aromatic rings. The quantitative estimate of drug-likeness (QED) is 0.328. The molecule has 0 atom stereocenters. The smallest absolute Gasteiger partial charge is 0.269 e. The molecule has 0 saturated heterocycles. The molecule has 3 aromatic carbocycles. The van der Waals surface area contributed by atoms with Crippen molar-refractivity contribution < 1.29 is 14.5 Å². The average molecular weight is 388 g/mol. The van der Waals surface area contributed by atoms with Gasteiger partial charge in [0.15, 0.2) is 0 Å². The Labute approximate surface area is 168 Å². The first-order valence-corrected chi connectivity index (χ1v) is 9.03. The molecule has 29 heavy (non-hydrogen) atoms. The first-order valence-electron chi connectivity index (χ1n) is 9.03. The minimum atomic E-state index is -0.435. The van der Waals surface area contributed by atoms with E-state index < -0.39 is 4.92 Å². The van der Waals surface area contributed by atoms with Crippen molar-refractivity contribution in [3.8, 4) is 5.75 Å². The molecule has 0 aromatic heterocycles. The summed E-state index contributed by atoms with van der Waals surface area (Å²) in [5.41, 5.74) is 2.87. The normalized spacial score (nSPS) is 10.2. The molecule has 0 aliphatic carbocycles. The van der Waals surface area contributed by atoms with E-state index in [1.54, 1.807) is 24.3 Å². The predicted molar refractivity (Wildman–Crippen MR) is 112 cm³/mol. The third-order valence-corrected chi connectivity index (χ3v) is 4.26. The fraction of sp³-hybridized carbons (Fsp3) is 0.0870. The zero-order valence-corrected chi connectivity index (χ0v) is 15.7. The number of nitrogens with zero attached hydrogens (tertiary/aromatic N) is 1. The summed E-state index contributed by atoms with van der Waals surface area (Å²) in [6.45, 7) is 3.96. The van der Waals surface area contributed by atoms with E-state index in [0.717, 1.165) is 11.3 Å². The number of hydrogen-bond donors (Lipinski definition) is 1. The van der Waals surface area contributed by atoms with Crippen molar-refractivity contribution in [3.63, 3.8) is 0 Å². The van der Waals surface area contributed by atoms with Crippen LogP contribution < -0.4 is 10.1 Å². The summed E-state index contributed by atoms with van der Waals surface area (Å²) >= 11 is 0. The zero-order valence-electron chi connectivity index (χ0n) is 15.7. The van der Waals surface area contributed by atoms with Crippen LogP contribution in [0.3, 0.4) is 0 Å². The maximum absolute atomic E-state index is 12.3. The van der Waals surface area contributed by atoms with E-state index in [1.165, 1.54) is 12.1 Å². The Kier molecular flexibility index (Phi) is 6.37. The van der Waals surface area contributed by atoms with Crippen LogP contribution in [-0.2, 0) is 13.0 Å². The van der Waals surface area contributed by atoms with Gasteiger partial charge in [-0.15, -0.1) is 6.58 Å². The number of carbonyl (C=O) groups excluding carboxylic acids is 1. The van der Waals surface area contributed by atoms with Gasteiger partial charge in [0.2, 0.25) is 0 Å². The molecule has 0 aliphatic heterocycles. The van der Waals surface area contributed by atoms with Gasteiger partial charge in [0.05, 0.1) is 4.92 Å². The molecule has 1 amide bonds. The Hall–Kier alpha value is -3.93. The molecule has 0 unspecified atom stereocenters. The standard InChI is InChI=1S/C23H20N2O4/c1-2-6-19-15-21(25(27)28)13-14-22(19)29-16-17-9-11-18(12-10-17)23(26)24-20-7-4-3-5-8-20/h2-5,7-15H,1,6,16H2,(H,24,26). The Balaban J connectivity index is 1.65. The molecular formula is C23H20N2O4. The lowest BCUT2D eigenvalue weighted by molar-refractivity contribution is -0.384. The van der Waals surface area contributed by atoms with Crippen LogP contribution in [0.5, 0.6) is 5.75 Å². The molecule has 0 radical (unpaired) electrons. The molecule has 0 spiro atoms. The number of carbonyl (C=O) groups is 1. The fourth-order valence-corrected chi connectivity index (χ4v) is 2.77. The molecule has 1 N–H and O–H groups in total.